The van der Waals surface area contributed by atoms with Gasteiger partial charge >= 0.3 is 0 Å². The van der Waals surface area contributed by atoms with E-state index in [2.05, 4.69) is 5.32 Å². The molecule has 1 N–H and O–H groups in total. The number of piperidine rings is 1. The van der Waals surface area contributed by atoms with E-state index >= 15 is 0 Å². The molecule has 0 atom stereocenters. The van der Waals surface area contributed by atoms with Gasteiger partial charge in [0.05, 0.1) is 4.92 Å². The van der Waals surface area contributed by atoms with Crippen molar-refractivity contribution in [3.63, 3.8) is 0 Å². The lowest BCUT2D eigenvalue weighted by Gasteiger charge is -2.31. The Morgan fingerprint density at radius 2 is 1.61 bits per heavy atom. The molecule has 1 aliphatic rings. The summed E-state index contributed by atoms with van der Waals surface area (Å²) in [5.74, 6) is -0.316. The summed E-state index contributed by atoms with van der Waals surface area (Å²) in [6, 6.07) is 11.5. The minimum atomic E-state index is -0.492. The number of carbonyl (C=O) groups is 2. The van der Waals surface area contributed by atoms with Crippen molar-refractivity contribution in [2.75, 3.05) is 18.4 Å². The minimum Gasteiger partial charge on any atom is -0.339 e. The van der Waals surface area contributed by atoms with E-state index in [1.807, 2.05) is 32.0 Å². The van der Waals surface area contributed by atoms with Crippen LogP contribution in [0, 0.1) is 29.9 Å². The van der Waals surface area contributed by atoms with Crippen molar-refractivity contribution in [3.05, 3.63) is 69.3 Å². The summed E-state index contributed by atoms with van der Waals surface area (Å²) in [5, 5.41) is 13.8. The molecular weight excluding hydrogens is 358 g/mol. The van der Waals surface area contributed by atoms with Crippen LogP contribution in [0.2, 0.25) is 0 Å². The van der Waals surface area contributed by atoms with E-state index in [0.717, 1.165) is 16.8 Å². The molecule has 3 rings (SSSR count). The molecule has 7 heteroatoms. The number of non-ortho nitro benzene ring substituents is 1. The predicted molar refractivity (Wildman–Crippen MR) is 106 cm³/mol. The molecule has 0 aromatic heterocycles. The van der Waals surface area contributed by atoms with Crippen LogP contribution in [0.4, 0.5) is 11.4 Å². The summed E-state index contributed by atoms with van der Waals surface area (Å²) in [4.78, 5) is 37.2. The molecule has 1 aliphatic heterocycles. The number of nitrogens with one attached hydrogen (secondary N) is 1. The van der Waals surface area contributed by atoms with E-state index in [0.29, 0.717) is 31.5 Å². The molecule has 2 aromatic carbocycles. The first-order valence-corrected chi connectivity index (χ1v) is 9.27. The highest BCUT2D eigenvalue weighted by molar-refractivity contribution is 5.96. The fourth-order valence-corrected chi connectivity index (χ4v) is 3.49. The lowest BCUT2D eigenvalue weighted by atomic mass is 9.95. The SMILES string of the molecule is Cc1cccc(C)c1NC(=O)C1CCN(C(=O)c2ccc([N+](=O)[O-])cc2)CC1. The minimum absolute atomic E-state index is 0.0140. The first kappa shape index (κ1) is 19.5. The molecular formula is C21H23N3O4. The zero-order chi connectivity index (χ0) is 20.3. The Balaban J connectivity index is 1.58. The maximum atomic E-state index is 12.6. The summed E-state index contributed by atoms with van der Waals surface area (Å²) < 4.78 is 0. The fourth-order valence-electron chi connectivity index (χ4n) is 3.49. The molecule has 1 fully saturated rings. The summed E-state index contributed by atoms with van der Waals surface area (Å²) in [7, 11) is 0. The second-order valence-corrected chi connectivity index (χ2v) is 7.13. The largest absolute Gasteiger partial charge is 0.339 e. The second kappa shape index (κ2) is 8.21. The standard InChI is InChI=1S/C21H23N3O4/c1-14-4-3-5-15(2)19(14)22-20(25)16-10-12-23(13-11-16)21(26)17-6-8-18(9-7-17)24(27)28/h3-9,16H,10-13H2,1-2H3,(H,22,25). The number of carbonyl (C=O) groups excluding carboxylic acids is 2. The van der Waals surface area contributed by atoms with Crippen LogP contribution in [0.3, 0.4) is 0 Å². The van der Waals surface area contributed by atoms with Crippen LogP contribution >= 0.6 is 0 Å². The van der Waals surface area contributed by atoms with Crippen LogP contribution in [0.15, 0.2) is 42.5 Å². The van der Waals surface area contributed by atoms with Crippen molar-refractivity contribution in [2.45, 2.75) is 26.7 Å². The number of rotatable bonds is 4. The van der Waals surface area contributed by atoms with Gasteiger partial charge in [-0.25, -0.2) is 0 Å². The Bertz CT molecular complexity index is 880. The van der Waals surface area contributed by atoms with Gasteiger partial charge in [-0.15, -0.1) is 0 Å². The monoisotopic (exact) mass is 381 g/mol. The molecule has 0 spiro atoms. The third-order valence-electron chi connectivity index (χ3n) is 5.21. The number of nitro benzene ring substituents is 1. The second-order valence-electron chi connectivity index (χ2n) is 7.13. The van der Waals surface area contributed by atoms with Gasteiger partial charge in [-0.05, 0) is 49.9 Å². The molecule has 0 aliphatic carbocycles. The quantitative estimate of drug-likeness (QED) is 0.645. The van der Waals surface area contributed by atoms with Crippen LogP contribution in [-0.2, 0) is 4.79 Å². The van der Waals surface area contributed by atoms with E-state index in [1.165, 1.54) is 24.3 Å². The molecule has 146 valence electrons. The number of anilines is 1. The Labute approximate surface area is 163 Å². The highest BCUT2D eigenvalue weighted by atomic mass is 16.6. The Morgan fingerprint density at radius 1 is 1.04 bits per heavy atom. The molecule has 0 bridgehead atoms. The first-order chi connectivity index (χ1) is 13.4. The van der Waals surface area contributed by atoms with Gasteiger partial charge < -0.3 is 10.2 Å². The Morgan fingerprint density at radius 3 is 2.14 bits per heavy atom. The van der Waals surface area contributed by atoms with E-state index in [9.17, 15) is 19.7 Å². The molecule has 1 heterocycles. The molecule has 0 radical (unpaired) electrons. The van der Waals surface area contributed by atoms with Crippen molar-refractivity contribution in [1.82, 2.24) is 4.90 Å². The molecule has 2 amide bonds. The maximum absolute atomic E-state index is 12.6. The average molecular weight is 381 g/mol. The van der Waals surface area contributed by atoms with Gasteiger partial charge in [-0.3, -0.25) is 19.7 Å². The number of para-hydroxylation sites is 1. The predicted octanol–water partition coefficient (Wildman–Crippen LogP) is 3.70. The maximum Gasteiger partial charge on any atom is 0.269 e. The molecule has 7 nitrogen and oxygen atoms in total. The number of likely N-dealkylation sites (tertiary alicyclic amines) is 1. The zero-order valence-corrected chi connectivity index (χ0v) is 16.0. The van der Waals surface area contributed by atoms with E-state index < -0.39 is 4.92 Å². The highest BCUT2D eigenvalue weighted by Crippen LogP contribution is 2.24. The third-order valence-corrected chi connectivity index (χ3v) is 5.21. The zero-order valence-electron chi connectivity index (χ0n) is 16.0. The van der Waals surface area contributed by atoms with Gasteiger partial charge in [0.1, 0.15) is 0 Å². The van der Waals surface area contributed by atoms with Gasteiger partial charge in [0.25, 0.3) is 11.6 Å². The van der Waals surface area contributed by atoms with E-state index in [4.69, 9.17) is 0 Å². The van der Waals surface area contributed by atoms with Gasteiger partial charge in [-0.2, -0.15) is 0 Å². The van der Waals surface area contributed by atoms with Crippen molar-refractivity contribution in [1.29, 1.82) is 0 Å². The van der Waals surface area contributed by atoms with Gasteiger partial charge in [0.15, 0.2) is 0 Å². The van der Waals surface area contributed by atoms with Crippen LogP contribution < -0.4 is 5.32 Å². The van der Waals surface area contributed by atoms with Crippen LogP contribution in [-0.4, -0.2) is 34.7 Å². The Kier molecular flexibility index (Phi) is 5.73. The first-order valence-electron chi connectivity index (χ1n) is 9.27. The van der Waals surface area contributed by atoms with Gasteiger partial charge in [0.2, 0.25) is 5.91 Å². The normalized spacial score (nSPS) is 14.6. The third kappa shape index (κ3) is 4.19. The number of hydrogen-bond donors (Lipinski definition) is 1. The molecule has 1 saturated heterocycles. The van der Waals surface area contributed by atoms with E-state index in [1.54, 1.807) is 4.90 Å². The van der Waals surface area contributed by atoms with Crippen molar-refractivity contribution in [2.24, 2.45) is 5.92 Å². The van der Waals surface area contributed by atoms with E-state index in [-0.39, 0.29) is 23.4 Å². The lowest BCUT2D eigenvalue weighted by molar-refractivity contribution is -0.384. The van der Waals surface area contributed by atoms with Crippen molar-refractivity contribution in [3.8, 4) is 0 Å². The van der Waals surface area contributed by atoms with Crippen molar-refractivity contribution < 1.29 is 14.5 Å². The summed E-state index contributed by atoms with van der Waals surface area (Å²) in [5.41, 5.74) is 3.29. The number of amides is 2. The van der Waals surface area contributed by atoms with Gasteiger partial charge in [-0.1, -0.05) is 18.2 Å². The molecule has 28 heavy (non-hydrogen) atoms. The molecule has 0 saturated carbocycles. The number of aryl methyl sites for hydroxylation is 2. The highest BCUT2D eigenvalue weighted by Gasteiger charge is 2.28. The number of benzene rings is 2. The molecule has 0 unspecified atom stereocenters. The average Bonchev–Trinajstić information content (AvgIpc) is 2.70. The summed E-state index contributed by atoms with van der Waals surface area (Å²) in [6.45, 7) is 4.91. The summed E-state index contributed by atoms with van der Waals surface area (Å²) in [6.07, 6.45) is 1.19. The van der Waals surface area contributed by atoms with Crippen molar-refractivity contribution >= 4 is 23.2 Å². The fraction of sp³-hybridized carbons (Fsp3) is 0.333. The van der Waals surface area contributed by atoms with Crippen LogP contribution in [0.5, 0.6) is 0 Å². The topological polar surface area (TPSA) is 92.6 Å². The molecule has 2 aromatic rings. The number of nitro groups is 1. The smallest absolute Gasteiger partial charge is 0.269 e. The summed E-state index contributed by atoms with van der Waals surface area (Å²) >= 11 is 0. The van der Waals surface area contributed by atoms with Crippen LogP contribution in [0.25, 0.3) is 0 Å². The van der Waals surface area contributed by atoms with Crippen LogP contribution in [0.1, 0.15) is 34.3 Å². The lowest BCUT2D eigenvalue weighted by Crippen LogP contribution is -2.41. The Hall–Kier alpha value is -3.22. The van der Waals surface area contributed by atoms with Gasteiger partial charge in [0, 0.05) is 42.4 Å². The number of hydrogen-bond acceptors (Lipinski definition) is 4. The number of nitrogens with zero attached hydrogens (tertiary/aromatic N) is 2.